The van der Waals surface area contributed by atoms with Gasteiger partial charge >= 0.3 is 6.18 Å². The molecule has 0 radical (unpaired) electrons. The number of aromatic nitrogens is 7. The first-order valence-corrected chi connectivity index (χ1v) is 13.7. The molecule has 6 rings (SSSR count). The Bertz CT molecular complexity index is 1450. The zero-order valence-electron chi connectivity index (χ0n) is 21.1. The Labute approximate surface area is 226 Å². The van der Waals surface area contributed by atoms with Crippen molar-refractivity contribution in [2.75, 3.05) is 11.9 Å². The van der Waals surface area contributed by atoms with Gasteiger partial charge in [-0.2, -0.15) is 18.3 Å². The predicted octanol–water partition coefficient (Wildman–Crippen LogP) is 5.65. The fourth-order valence-electron chi connectivity index (χ4n) is 4.31. The number of nitrogens with zero attached hydrogens (tertiary/aromatic N) is 7. The minimum Gasteiger partial charge on any atom is -0.353 e. The summed E-state index contributed by atoms with van der Waals surface area (Å²) in [7, 11) is 0. The van der Waals surface area contributed by atoms with E-state index in [1.54, 1.807) is 30.4 Å². The van der Waals surface area contributed by atoms with E-state index in [0.717, 1.165) is 29.9 Å². The molecular formula is C25H27F3N8O2S. The second-order valence-corrected chi connectivity index (χ2v) is 10.9. The van der Waals surface area contributed by atoms with Crippen LogP contribution >= 0.6 is 11.9 Å². The molecule has 10 nitrogen and oxygen atoms in total. The number of imidazole rings is 1. The van der Waals surface area contributed by atoms with Crippen molar-refractivity contribution in [2.24, 2.45) is 0 Å². The second kappa shape index (κ2) is 10.7. The van der Waals surface area contributed by atoms with E-state index in [1.165, 1.54) is 25.1 Å². The zero-order chi connectivity index (χ0) is 27.0. The molecule has 2 atom stereocenters. The molecule has 1 aliphatic heterocycles. The third-order valence-corrected chi connectivity index (χ3v) is 7.74. The van der Waals surface area contributed by atoms with Crippen molar-refractivity contribution in [3.63, 3.8) is 0 Å². The molecule has 0 spiro atoms. The number of rotatable bonds is 9. The monoisotopic (exact) mass is 560 g/mol. The van der Waals surface area contributed by atoms with Crippen LogP contribution in [0.3, 0.4) is 0 Å². The van der Waals surface area contributed by atoms with Crippen LogP contribution in [-0.4, -0.2) is 58.0 Å². The highest BCUT2D eigenvalue weighted by Crippen LogP contribution is 2.36. The van der Waals surface area contributed by atoms with Gasteiger partial charge in [0.25, 0.3) is 0 Å². The molecule has 5 heterocycles. The van der Waals surface area contributed by atoms with Gasteiger partial charge in [0.2, 0.25) is 0 Å². The third-order valence-electron chi connectivity index (χ3n) is 6.56. The van der Waals surface area contributed by atoms with Crippen LogP contribution in [0, 0.1) is 0 Å². The van der Waals surface area contributed by atoms with Crippen LogP contribution in [0.2, 0.25) is 0 Å². The van der Waals surface area contributed by atoms with Crippen molar-refractivity contribution in [3.05, 3.63) is 42.7 Å². The second-order valence-electron chi connectivity index (χ2n) is 9.61. The van der Waals surface area contributed by atoms with Crippen molar-refractivity contribution in [2.45, 2.75) is 69.4 Å². The highest BCUT2D eigenvalue weighted by molar-refractivity contribution is 7.98. The largest absolute Gasteiger partial charge is 0.408 e. The molecule has 1 aliphatic carbocycles. The Kier molecular flexibility index (Phi) is 7.16. The van der Waals surface area contributed by atoms with Crippen molar-refractivity contribution >= 4 is 34.6 Å². The minimum atomic E-state index is -4.48. The summed E-state index contributed by atoms with van der Waals surface area (Å²) in [6.45, 7) is 1.57. The lowest BCUT2D eigenvalue weighted by molar-refractivity contribution is -0.175. The SMILES string of the molecule is CC(n1c(COC2CCCCO2)nc2cnc(Nc3ccnc(-c4cnn(SC5CC5)c4)n3)cc21)C(F)(F)F. The van der Waals surface area contributed by atoms with E-state index in [9.17, 15) is 13.2 Å². The number of hydrogen-bond acceptors (Lipinski definition) is 9. The van der Waals surface area contributed by atoms with Crippen LogP contribution in [0.5, 0.6) is 0 Å². The van der Waals surface area contributed by atoms with Crippen molar-refractivity contribution in [3.8, 4) is 11.4 Å². The summed E-state index contributed by atoms with van der Waals surface area (Å²) in [5, 5.41) is 8.05. The number of nitrogens with one attached hydrogen (secondary N) is 1. The van der Waals surface area contributed by atoms with Gasteiger partial charge in [0.05, 0.1) is 23.5 Å². The van der Waals surface area contributed by atoms with Crippen LogP contribution in [0.1, 0.15) is 50.9 Å². The van der Waals surface area contributed by atoms with Gasteiger partial charge in [-0.05, 0) is 57.0 Å². The lowest BCUT2D eigenvalue weighted by atomic mass is 10.2. The highest BCUT2D eigenvalue weighted by atomic mass is 32.2. The number of ether oxygens (including phenoxy) is 2. The summed E-state index contributed by atoms with van der Waals surface area (Å²) in [6, 6.07) is 1.38. The van der Waals surface area contributed by atoms with Gasteiger partial charge in [-0.3, -0.25) is 0 Å². The number of fused-ring (bicyclic) bond motifs is 1. The Balaban J connectivity index is 1.26. The molecular weight excluding hydrogens is 533 g/mol. The summed E-state index contributed by atoms with van der Waals surface area (Å²) in [6.07, 6.45) is 6.68. The molecule has 0 amide bonds. The average molecular weight is 561 g/mol. The van der Waals surface area contributed by atoms with Crippen LogP contribution in [-0.2, 0) is 16.1 Å². The molecule has 0 bridgehead atoms. The first-order valence-electron chi connectivity index (χ1n) is 12.8. The number of hydrogen-bond donors (Lipinski definition) is 1. The number of alkyl halides is 3. The molecule has 2 fully saturated rings. The Morgan fingerprint density at radius 3 is 2.79 bits per heavy atom. The van der Waals surface area contributed by atoms with Gasteiger partial charge in [0, 0.05) is 30.3 Å². The van der Waals surface area contributed by atoms with Crippen molar-refractivity contribution in [1.29, 1.82) is 0 Å². The lowest BCUT2D eigenvalue weighted by Crippen LogP contribution is -2.27. The number of halogens is 3. The van der Waals surface area contributed by atoms with Gasteiger partial charge in [-0.25, -0.2) is 24.0 Å². The van der Waals surface area contributed by atoms with Gasteiger partial charge in [-0.1, -0.05) is 0 Å². The fraction of sp³-hybridized carbons (Fsp3) is 0.480. The average Bonchev–Trinajstić information content (AvgIpc) is 3.49. The van der Waals surface area contributed by atoms with Crippen molar-refractivity contribution < 1.29 is 22.6 Å². The van der Waals surface area contributed by atoms with Gasteiger partial charge < -0.3 is 19.4 Å². The molecule has 2 unspecified atom stereocenters. The van der Waals surface area contributed by atoms with E-state index in [4.69, 9.17) is 9.47 Å². The van der Waals surface area contributed by atoms with E-state index in [1.807, 2.05) is 10.3 Å². The summed E-state index contributed by atoms with van der Waals surface area (Å²) >= 11 is 1.67. The summed E-state index contributed by atoms with van der Waals surface area (Å²) < 4.78 is 55.9. The molecule has 4 aromatic rings. The smallest absolute Gasteiger partial charge is 0.353 e. The summed E-state index contributed by atoms with van der Waals surface area (Å²) in [4.78, 5) is 17.7. The predicted molar refractivity (Wildman–Crippen MR) is 139 cm³/mol. The molecule has 4 aromatic heterocycles. The minimum absolute atomic E-state index is 0.107. The van der Waals surface area contributed by atoms with E-state index < -0.39 is 18.5 Å². The van der Waals surface area contributed by atoms with Crippen LogP contribution in [0.25, 0.3) is 22.4 Å². The Morgan fingerprint density at radius 2 is 2.03 bits per heavy atom. The van der Waals surface area contributed by atoms with Gasteiger partial charge in [0.15, 0.2) is 12.1 Å². The fourth-order valence-corrected chi connectivity index (χ4v) is 5.24. The number of pyridine rings is 1. The van der Waals surface area contributed by atoms with Crippen LogP contribution < -0.4 is 5.32 Å². The maximum absolute atomic E-state index is 13.9. The molecule has 1 N–H and O–H groups in total. The summed E-state index contributed by atoms with van der Waals surface area (Å²) in [5.74, 6) is 1.41. The zero-order valence-corrected chi connectivity index (χ0v) is 22.0. The van der Waals surface area contributed by atoms with E-state index in [2.05, 4.69) is 30.4 Å². The molecule has 14 heteroatoms. The molecule has 0 aromatic carbocycles. The Morgan fingerprint density at radius 1 is 1.15 bits per heavy atom. The van der Waals surface area contributed by atoms with Crippen LogP contribution in [0.4, 0.5) is 24.8 Å². The molecule has 39 heavy (non-hydrogen) atoms. The topological polar surface area (TPSA) is 105 Å². The highest BCUT2D eigenvalue weighted by Gasteiger charge is 2.39. The molecule has 1 saturated carbocycles. The molecule has 206 valence electrons. The Hall–Kier alpha value is -3.23. The van der Waals surface area contributed by atoms with Crippen molar-refractivity contribution in [1.82, 2.24) is 33.7 Å². The van der Waals surface area contributed by atoms with Gasteiger partial charge in [0.1, 0.15) is 35.6 Å². The third kappa shape index (κ3) is 6.02. The normalized spacial score (nSPS) is 18.9. The first kappa shape index (κ1) is 26.0. The maximum Gasteiger partial charge on any atom is 0.408 e. The van der Waals surface area contributed by atoms with Gasteiger partial charge in [-0.15, -0.1) is 0 Å². The summed E-state index contributed by atoms with van der Waals surface area (Å²) in [5.41, 5.74) is 1.38. The molecule has 2 aliphatic rings. The first-order chi connectivity index (χ1) is 18.8. The van der Waals surface area contributed by atoms with E-state index in [-0.39, 0.29) is 17.9 Å². The van der Waals surface area contributed by atoms with E-state index >= 15 is 0 Å². The number of anilines is 2. The van der Waals surface area contributed by atoms with Crippen LogP contribution in [0.15, 0.2) is 36.9 Å². The quantitative estimate of drug-likeness (QED) is 0.278. The standard InChI is InChI=1S/C25H27F3N8O2S/c1-15(25(26,27)28)36-19-10-21(30-12-18(19)32-22(36)14-38-23-4-2-3-9-37-23)33-20-7-8-29-24(34-20)16-11-31-35(13-16)39-17-5-6-17/h7-8,10-13,15,17,23H,2-6,9,14H2,1H3,(H,29,30,33,34). The molecule has 1 saturated heterocycles. The maximum atomic E-state index is 13.9. The lowest BCUT2D eigenvalue weighted by Gasteiger charge is -2.24. The van der Waals surface area contributed by atoms with E-state index in [0.29, 0.717) is 41.3 Å².